The molecule has 0 unspecified atom stereocenters. The van der Waals surface area contributed by atoms with Crippen LogP contribution >= 0.6 is 0 Å². The van der Waals surface area contributed by atoms with Crippen LogP contribution in [-0.2, 0) is 27.5 Å². The molecule has 16 nitrogen and oxygen atoms in total. The summed E-state index contributed by atoms with van der Waals surface area (Å²) in [6.07, 6.45) is 0. The molecule has 0 saturated carbocycles. The van der Waals surface area contributed by atoms with Gasteiger partial charge in [-0.05, 0) is 0 Å². The van der Waals surface area contributed by atoms with Crippen molar-refractivity contribution in [2.24, 2.45) is 0 Å². The molecule has 0 aliphatic carbocycles. The van der Waals surface area contributed by atoms with E-state index in [0.29, 0.717) is 0 Å². The van der Waals surface area contributed by atoms with Gasteiger partial charge in [-0.15, -0.1) is 0 Å². The Labute approximate surface area is 162 Å². The first-order valence-electron chi connectivity index (χ1n) is 0.698. The summed E-state index contributed by atoms with van der Waals surface area (Å²) in [5.74, 6) is 0. The summed E-state index contributed by atoms with van der Waals surface area (Å²) < 4.78 is 31.6. The predicted molar refractivity (Wildman–Crippen MR) is 58.7 cm³/mol. The van der Waals surface area contributed by atoms with Crippen LogP contribution < -0.4 is 51.4 Å². The van der Waals surface area contributed by atoms with Crippen molar-refractivity contribution in [1.29, 1.82) is 0 Å². The van der Waals surface area contributed by atoms with E-state index in [2.05, 4.69) is 0 Å². The Morgan fingerprint density at radius 1 is 0.526 bits per heavy atom. The van der Waals surface area contributed by atoms with Crippen molar-refractivity contribution >= 4 is 10.4 Å². The molecule has 0 aromatic heterocycles. The van der Waals surface area contributed by atoms with Gasteiger partial charge in [0.05, 0.1) is 0 Å². The predicted octanol–water partition coefficient (Wildman–Crippen LogP) is -13.4. The molecule has 0 fully saturated rings. The van der Waals surface area contributed by atoms with Gasteiger partial charge in [0.1, 0.15) is 0 Å². The first-order valence-corrected chi connectivity index (χ1v) is 2.10. The minimum atomic E-state index is -4.67. The molecule has 0 spiro atoms. The fourth-order valence-corrected chi connectivity index (χ4v) is 0. The minimum absolute atomic E-state index is 0. The average Bonchev–Trinajstić information content (AvgIpc) is 0.722. The van der Waals surface area contributed by atoms with Crippen molar-refractivity contribution in [3.05, 3.63) is 0 Å². The SMILES string of the molecule is O.O.O.O.O.O.O.O.O.O.O.O.O=S(=O)(O)O.[Fe].[H-].[K+]. The molecular weight excluding hydrogens is 383 g/mol. The molecule has 0 heterocycles. The molecule has 0 rings (SSSR count). The summed E-state index contributed by atoms with van der Waals surface area (Å²) in [7, 11) is -4.67. The molecule has 0 aromatic carbocycles. The smallest absolute Gasteiger partial charge is 1.00 e. The van der Waals surface area contributed by atoms with Crippen LogP contribution in [0.5, 0.6) is 0 Å². The summed E-state index contributed by atoms with van der Waals surface area (Å²) in [4.78, 5) is 0. The Bertz CT molecular complexity index is 106. The fraction of sp³-hybridized carbons (Fsp3) is 0. The average molecular weight is 410 g/mol. The zero-order chi connectivity index (χ0) is 4.50. The first kappa shape index (κ1) is 255. The Hall–Kier alpha value is 1.55. The van der Waals surface area contributed by atoms with Gasteiger partial charge in [-0.1, -0.05) is 0 Å². The monoisotopic (exact) mass is 410 g/mol. The van der Waals surface area contributed by atoms with Gasteiger partial charge in [-0.2, -0.15) is 8.42 Å². The first-order chi connectivity index (χ1) is 2.00. The number of hydrogen-bond acceptors (Lipinski definition) is 2. The Morgan fingerprint density at radius 3 is 0.526 bits per heavy atom. The molecule has 0 radical (unpaired) electrons. The molecule has 0 atom stereocenters. The second-order valence-corrected chi connectivity index (χ2v) is 1.34. The normalized spacial score (nSPS) is 3.05. The van der Waals surface area contributed by atoms with E-state index in [1.54, 1.807) is 0 Å². The molecule has 0 saturated heterocycles. The molecule has 138 valence electrons. The quantitative estimate of drug-likeness (QED) is 0.290. The van der Waals surface area contributed by atoms with E-state index < -0.39 is 10.4 Å². The van der Waals surface area contributed by atoms with Gasteiger partial charge in [-0.3, -0.25) is 9.11 Å². The van der Waals surface area contributed by atoms with Crippen molar-refractivity contribution in [1.82, 2.24) is 0 Å². The van der Waals surface area contributed by atoms with Crippen molar-refractivity contribution in [2.45, 2.75) is 0 Å². The van der Waals surface area contributed by atoms with Crippen LogP contribution in [0.2, 0.25) is 0 Å². The number of rotatable bonds is 0. The number of hydrogen-bond donors (Lipinski definition) is 2. The van der Waals surface area contributed by atoms with Crippen LogP contribution in [-0.4, -0.2) is 83.2 Å². The summed E-state index contributed by atoms with van der Waals surface area (Å²) >= 11 is 0. The van der Waals surface area contributed by atoms with E-state index in [9.17, 15) is 0 Å². The topological polar surface area (TPSA) is 453 Å². The Kier molecular flexibility index (Phi) is 1590. The Balaban J connectivity index is -0.000000000762. The Morgan fingerprint density at radius 2 is 0.526 bits per heavy atom. The molecule has 0 amide bonds. The summed E-state index contributed by atoms with van der Waals surface area (Å²) in [6.45, 7) is 0. The van der Waals surface area contributed by atoms with Gasteiger partial charge < -0.3 is 67.1 Å². The van der Waals surface area contributed by atoms with Gasteiger partial charge in [0.15, 0.2) is 0 Å². The standard InChI is InChI=1S/Fe.K.H2O4S.12H2O.H/c;;1-5(2,3)4;;;;;;;;;;;;;/h;;(H2,1,2,3,4);12*1H2;/q;+1;;;;;;;;;;;;;;-1. The second kappa shape index (κ2) is 118. The zero-order valence-electron chi connectivity index (χ0n) is 10.5. The summed E-state index contributed by atoms with van der Waals surface area (Å²) in [5.41, 5.74) is 0. The fourth-order valence-electron chi connectivity index (χ4n) is 0. The van der Waals surface area contributed by atoms with E-state index in [4.69, 9.17) is 17.5 Å². The molecular formula is H27FeKO16S. The van der Waals surface area contributed by atoms with Gasteiger partial charge >= 0.3 is 61.8 Å². The van der Waals surface area contributed by atoms with Crippen molar-refractivity contribution < 1.29 is 153 Å². The summed E-state index contributed by atoms with van der Waals surface area (Å²) in [6, 6.07) is 0. The van der Waals surface area contributed by atoms with E-state index in [1.807, 2.05) is 0 Å². The van der Waals surface area contributed by atoms with Crippen molar-refractivity contribution in [2.75, 3.05) is 0 Å². The maximum atomic E-state index is 8.74. The zero-order valence-corrected chi connectivity index (χ0v) is 14.5. The van der Waals surface area contributed by atoms with Crippen LogP contribution in [0, 0.1) is 0 Å². The van der Waals surface area contributed by atoms with Crippen LogP contribution in [0.25, 0.3) is 0 Å². The molecule has 26 N–H and O–H groups in total. The van der Waals surface area contributed by atoms with Gasteiger partial charge in [0.2, 0.25) is 0 Å². The third-order valence-electron chi connectivity index (χ3n) is 0. The third-order valence-corrected chi connectivity index (χ3v) is 0. The maximum absolute atomic E-state index is 8.74. The largest absolute Gasteiger partial charge is 1.00 e. The van der Waals surface area contributed by atoms with Crippen LogP contribution in [0.1, 0.15) is 1.43 Å². The molecule has 0 bridgehead atoms. The van der Waals surface area contributed by atoms with E-state index >= 15 is 0 Å². The van der Waals surface area contributed by atoms with E-state index in [1.165, 1.54) is 0 Å². The van der Waals surface area contributed by atoms with E-state index in [-0.39, 0.29) is 136 Å². The molecule has 19 heavy (non-hydrogen) atoms. The van der Waals surface area contributed by atoms with Crippen molar-refractivity contribution in [3.63, 3.8) is 0 Å². The third kappa shape index (κ3) is 2520. The van der Waals surface area contributed by atoms with Gasteiger partial charge in [0, 0.05) is 17.1 Å². The van der Waals surface area contributed by atoms with Crippen LogP contribution in [0.15, 0.2) is 0 Å². The second-order valence-electron chi connectivity index (χ2n) is 0.448. The maximum Gasteiger partial charge on any atom is 1.00 e. The van der Waals surface area contributed by atoms with Gasteiger partial charge in [-0.25, -0.2) is 0 Å². The minimum Gasteiger partial charge on any atom is -1.00 e. The van der Waals surface area contributed by atoms with Gasteiger partial charge in [0.25, 0.3) is 0 Å². The molecule has 19 heteroatoms. The molecule has 0 aromatic rings. The molecule has 0 aliphatic heterocycles. The molecule has 0 aliphatic rings. The van der Waals surface area contributed by atoms with Crippen molar-refractivity contribution in [3.8, 4) is 0 Å². The van der Waals surface area contributed by atoms with E-state index in [0.717, 1.165) is 0 Å². The summed E-state index contributed by atoms with van der Waals surface area (Å²) in [5, 5.41) is 0. The van der Waals surface area contributed by atoms with Crippen LogP contribution in [0.4, 0.5) is 0 Å². The van der Waals surface area contributed by atoms with Crippen LogP contribution in [0.3, 0.4) is 0 Å².